The van der Waals surface area contributed by atoms with Gasteiger partial charge in [0.2, 0.25) is 10.0 Å². The van der Waals surface area contributed by atoms with Crippen LogP contribution >= 0.6 is 11.8 Å². The Morgan fingerprint density at radius 1 is 1.33 bits per heavy atom. The first-order valence-electron chi connectivity index (χ1n) is 6.93. The van der Waals surface area contributed by atoms with Crippen molar-refractivity contribution in [3.8, 4) is 5.75 Å². The maximum absolute atomic E-state index is 12.1. The summed E-state index contributed by atoms with van der Waals surface area (Å²) in [5.74, 6) is 2.23. The third-order valence-electron chi connectivity index (χ3n) is 2.74. The van der Waals surface area contributed by atoms with Crippen LogP contribution in [-0.2, 0) is 10.0 Å². The molecule has 0 atom stereocenters. The van der Waals surface area contributed by atoms with Crippen LogP contribution in [0.5, 0.6) is 5.75 Å². The molecule has 0 fully saturated rings. The summed E-state index contributed by atoms with van der Waals surface area (Å²) in [6, 6.07) is 4.86. The Balaban J connectivity index is 2.56. The molecule has 5 nitrogen and oxygen atoms in total. The molecule has 0 unspecified atom stereocenters. The highest BCUT2D eigenvalue weighted by atomic mass is 32.2. The van der Waals surface area contributed by atoms with Gasteiger partial charge in [0.15, 0.2) is 0 Å². The van der Waals surface area contributed by atoms with Gasteiger partial charge in [0, 0.05) is 18.9 Å². The van der Waals surface area contributed by atoms with Gasteiger partial charge in [0.05, 0.1) is 11.5 Å². The van der Waals surface area contributed by atoms with Crippen LogP contribution in [0.2, 0.25) is 0 Å². The Morgan fingerprint density at radius 2 is 2.10 bits per heavy atom. The molecule has 0 aliphatic heterocycles. The standard InChI is InChI=1S/C14H23NO4S2/c1-3-19-14-6-5-13(11-12(14)2)21(17,18)15-7-10-20-9-4-8-16/h5-6,11,15-16H,3-4,7-10H2,1-2H3. The van der Waals surface area contributed by atoms with E-state index in [1.807, 2.05) is 13.8 Å². The van der Waals surface area contributed by atoms with E-state index in [2.05, 4.69) is 4.72 Å². The van der Waals surface area contributed by atoms with Crippen molar-refractivity contribution < 1.29 is 18.3 Å². The first kappa shape index (κ1) is 18.3. The zero-order valence-corrected chi connectivity index (χ0v) is 14.1. The van der Waals surface area contributed by atoms with Crippen LogP contribution in [0, 0.1) is 6.92 Å². The lowest BCUT2D eigenvalue weighted by Gasteiger charge is -2.10. The van der Waals surface area contributed by atoms with E-state index in [4.69, 9.17) is 9.84 Å². The minimum absolute atomic E-state index is 0.171. The summed E-state index contributed by atoms with van der Waals surface area (Å²) < 4.78 is 32.3. The van der Waals surface area contributed by atoms with Crippen LogP contribution in [-0.4, -0.2) is 44.8 Å². The van der Waals surface area contributed by atoms with Gasteiger partial charge in [0.25, 0.3) is 0 Å². The smallest absolute Gasteiger partial charge is 0.240 e. The van der Waals surface area contributed by atoms with Gasteiger partial charge in [-0.15, -0.1) is 0 Å². The van der Waals surface area contributed by atoms with Gasteiger partial charge in [0.1, 0.15) is 5.75 Å². The molecule has 0 heterocycles. The molecule has 0 spiro atoms. The number of rotatable bonds is 10. The minimum Gasteiger partial charge on any atom is -0.494 e. The molecule has 0 aliphatic carbocycles. The van der Waals surface area contributed by atoms with Crippen molar-refractivity contribution in [3.05, 3.63) is 23.8 Å². The lowest BCUT2D eigenvalue weighted by atomic mass is 10.2. The van der Waals surface area contributed by atoms with Crippen molar-refractivity contribution in [3.63, 3.8) is 0 Å². The summed E-state index contributed by atoms with van der Waals surface area (Å²) in [6.45, 7) is 4.82. The van der Waals surface area contributed by atoms with E-state index in [0.29, 0.717) is 24.7 Å². The van der Waals surface area contributed by atoms with Crippen LogP contribution in [0.4, 0.5) is 0 Å². The van der Waals surface area contributed by atoms with Crippen molar-refractivity contribution in [1.82, 2.24) is 4.72 Å². The summed E-state index contributed by atoms with van der Waals surface area (Å²) in [5.41, 5.74) is 0.803. The Morgan fingerprint density at radius 3 is 2.71 bits per heavy atom. The van der Waals surface area contributed by atoms with Crippen molar-refractivity contribution in [2.75, 3.05) is 31.3 Å². The Kier molecular flexibility index (Phi) is 8.10. The summed E-state index contributed by atoms with van der Waals surface area (Å²) in [4.78, 5) is 0.254. The Bertz CT molecular complexity index is 532. The zero-order chi connectivity index (χ0) is 15.7. The van der Waals surface area contributed by atoms with E-state index in [9.17, 15) is 8.42 Å². The van der Waals surface area contributed by atoms with Gasteiger partial charge >= 0.3 is 0 Å². The zero-order valence-electron chi connectivity index (χ0n) is 12.5. The first-order valence-corrected chi connectivity index (χ1v) is 9.56. The molecular formula is C14H23NO4S2. The quantitative estimate of drug-likeness (QED) is 0.639. The van der Waals surface area contributed by atoms with Crippen LogP contribution in [0.25, 0.3) is 0 Å². The summed E-state index contributed by atoms with van der Waals surface area (Å²) in [6.07, 6.45) is 0.732. The molecule has 7 heteroatoms. The minimum atomic E-state index is -3.48. The van der Waals surface area contributed by atoms with E-state index in [0.717, 1.165) is 17.7 Å². The molecule has 0 amide bonds. The fourth-order valence-electron chi connectivity index (χ4n) is 1.71. The number of aryl methyl sites for hydroxylation is 1. The highest BCUT2D eigenvalue weighted by Gasteiger charge is 2.14. The molecule has 0 bridgehead atoms. The maximum Gasteiger partial charge on any atom is 0.240 e. The number of thioether (sulfide) groups is 1. The molecule has 120 valence electrons. The summed E-state index contributed by atoms with van der Waals surface area (Å²) in [5, 5.41) is 8.65. The third-order valence-corrected chi connectivity index (χ3v) is 5.27. The number of hydrogen-bond donors (Lipinski definition) is 2. The molecule has 21 heavy (non-hydrogen) atoms. The van der Waals surface area contributed by atoms with Crippen molar-refractivity contribution in [2.45, 2.75) is 25.2 Å². The van der Waals surface area contributed by atoms with Gasteiger partial charge in [-0.05, 0) is 49.8 Å². The van der Waals surface area contributed by atoms with Crippen molar-refractivity contribution >= 4 is 21.8 Å². The Labute approximate surface area is 131 Å². The van der Waals surface area contributed by atoms with E-state index in [1.54, 1.807) is 30.0 Å². The summed E-state index contributed by atoms with van der Waals surface area (Å²) >= 11 is 1.62. The number of sulfonamides is 1. The van der Waals surface area contributed by atoms with Crippen molar-refractivity contribution in [2.24, 2.45) is 0 Å². The average Bonchev–Trinajstić information content (AvgIpc) is 2.45. The summed E-state index contributed by atoms with van der Waals surface area (Å²) in [7, 11) is -3.48. The maximum atomic E-state index is 12.1. The molecule has 1 aromatic rings. The van der Waals surface area contributed by atoms with Gasteiger partial charge in [-0.1, -0.05) is 0 Å². The molecule has 0 radical (unpaired) electrons. The number of ether oxygens (including phenoxy) is 1. The SMILES string of the molecule is CCOc1ccc(S(=O)(=O)NCCSCCCO)cc1C. The van der Waals surface area contributed by atoms with Crippen LogP contribution in [0.15, 0.2) is 23.1 Å². The second-order valence-corrected chi connectivity index (χ2v) is 7.44. The van der Waals surface area contributed by atoms with Crippen LogP contribution in [0.1, 0.15) is 18.9 Å². The largest absolute Gasteiger partial charge is 0.494 e. The number of nitrogens with one attached hydrogen (secondary N) is 1. The first-order chi connectivity index (χ1) is 10.0. The molecule has 0 saturated carbocycles. The van der Waals surface area contributed by atoms with Crippen molar-refractivity contribution in [1.29, 1.82) is 0 Å². The Hall–Kier alpha value is -0.760. The fourth-order valence-corrected chi connectivity index (χ4v) is 3.74. The predicted octanol–water partition coefficient (Wildman–Crippen LogP) is 1.79. The normalized spacial score (nSPS) is 11.6. The molecule has 0 aliphatic rings. The third kappa shape index (κ3) is 6.25. The highest BCUT2D eigenvalue weighted by Crippen LogP contribution is 2.21. The molecule has 2 N–H and O–H groups in total. The predicted molar refractivity (Wildman–Crippen MR) is 86.6 cm³/mol. The van der Waals surface area contributed by atoms with Gasteiger partial charge in [-0.3, -0.25) is 0 Å². The second-order valence-electron chi connectivity index (χ2n) is 4.45. The lowest BCUT2D eigenvalue weighted by Crippen LogP contribution is -2.26. The highest BCUT2D eigenvalue weighted by molar-refractivity contribution is 7.99. The lowest BCUT2D eigenvalue weighted by molar-refractivity contribution is 0.296. The van der Waals surface area contributed by atoms with Gasteiger partial charge in [-0.2, -0.15) is 11.8 Å². The van der Waals surface area contributed by atoms with Gasteiger partial charge < -0.3 is 9.84 Å². The monoisotopic (exact) mass is 333 g/mol. The van der Waals surface area contributed by atoms with E-state index < -0.39 is 10.0 Å². The number of hydrogen-bond acceptors (Lipinski definition) is 5. The number of benzene rings is 1. The van der Waals surface area contributed by atoms with E-state index in [1.165, 1.54) is 0 Å². The molecule has 0 saturated heterocycles. The number of aliphatic hydroxyl groups excluding tert-OH is 1. The van der Waals surface area contributed by atoms with Gasteiger partial charge in [-0.25, -0.2) is 13.1 Å². The topological polar surface area (TPSA) is 75.6 Å². The van der Waals surface area contributed by atoms with Crippen LogP contribution in [0.3, 0.4) is 0 Å². The second kappa shape index (κ2) is 9.30. The molecule has 1 aromatic carbocycles. The molecule has 1 rings (SSSR count). The molecule has 0 aromatic heterocycles. The average molecular weight is 333 g/mol. The van der Waals surface area contributed by atoms with E-state index >= 15 is 0 Å². The fraction of sp³-hybridized carbons (Fsp3) is 0.571. The van der Waals surface area contributed by atoms with E-state index in [-0.39, 0.29) is 11.5 Å². The van der Waals surface area contributed by atoms with Crippen LogP contribution < -0.4 is 9.46 Å². The number of aliphatic hydroxyl groups is 1. The molecular weight excluding hydrogens is 310 g/mol.